The number of pyridine rings is 1. The van der Waals surface area contributed by atoms with Crippen molar-refractivity contribution < 1.29 is 0 Å². The number of fused-ring (bicyclic) bond motifs is 4. The molecule has 0 atom stereocenters. The Morgan fingerprint density at radius 1 is 0.750 bits per heavy atom. The summed E-state index contributed by atoms with van der Waals surface area (Å²) in [5.74, 6) is 0. The van der Waals surface area contributed by atoms with Crippen LogP contribution in [0.4, 0.5) is 0 Å². The Morgan fingerprint density at radius 3 is 1.57 bits per heavy atom. The van der Waals surface area contributed by atoms with Gasteiger partial charge in [0.05, 0.1) is 23.0 Å². The fraction of sp³-hybridized carbons (Fsp3) is 0.500. The third kappa shape index (κ3) is 4.60. The minimum Gasteiger partial charge on any atom is -0.288 e. The highest BCUT2D eigenvalue weighted by atomic mass is 15.2. The molecule has 0 radical (unpaired) electrons. The van der Waals surface area contributed by atoms with Gasteiger partial charge in [-0.1, -0.05) is 24.3 Å². The van der Waals surface area contributed by atoms with E-state index in [4.69, 9.17) is 4.98 Å². The van der Waals surface area contributed by atoms with E-state index in [-0.39, 0.29) is 11.1 Å². The van der Waals surface area contributed by atoms with Crippen molar-refractivity contribution in [3.05, 3.63) is 64.5 Å². The molecule has 148 valence electrons. The van der Waals surface area contributed by atoms with Gasteiger partial charge in [0.25, 0.3) is 0 Å². The standard InChI is InChI=1S/C24H32N4/c1-23(2,3)27-14-18-9-7-10-19(22(18)13-25)15-28(24(4,5)6)17-21-12-8-11-20(16-27)26-21/h7-12H,14-17H2,1-6H3. The molecule has 2 aromatic rings. The summed E-state index contributed by atoms with van der Waals surface area (Å²) in [5.41, 5.74) is 5.13. The molecule has 1 aromatic carbocycles. The van der Waals surface area contributed by atoms with Gasteiger partial charge in [0.1, 0.15) is 0 Å². The molecule has 4 nitrogen and oxygen atoms in total. The van der Waals surface area contributed by atoms with Gasteiger partial charge in [0.15, 0.2) is 0 Å². The van der Waals surface area contributed by atoms with Crippen molar-refractivity contribution >= 4 is 0 Å². The van der Waals surface area contributed by atoms with Crippen LogP contribution in [0.1, 0.15) is 69.6 Å². The van der Waals surface area contributed by atoms with Gasteiger partial charge >= 0.3 is 0 Å². The maximum atomic E-state index is 9.98. The monoisotopic (exact) mass is 376 g/mol. The van der Waals surface area contributed by atoms with Gasteiger partial charge in [-0.2, -0.15) is 5.26 Å². The van der Waals surface area contributed by atoms with Gasteiger partial charge in [-0.3, -0.25) is 14.8 Å². The third-order valence-corrected chi connectivity index (χ3v) is 5.54. The fourth-order valence-electron chi connectivity index (χ4n) is 3.63. The predicted octanol–water partition coefficient (Wildman–Crippen LogP) is 4.87. The summed E-state index contributed by atoms with van der Waals surface area (Å²) in [6, 6.07) is 15.1. The molecule has 3 rings (SSSR count). The van der Waals surface area contributed by atoms with Crippen LogP contribution in [0.3, 0.4) is 0 Å². The second-order valence-corrected chi connectivity index (χ2v) is 9.74. The molecule has 1 aromatic heterocycles. The van der Waals surface area contributed by atoms with Crippen LogP contribution in [0.5, 0.6) is 0 Å². The first-order valence-corrected chi connectivity index (χ1v) is 10.0. The summed E-state index contributed by atoms with van der Waals surface area (Å²) in [7, 11) is 0. The summed E-state index contributed by atoms with van der Waals surface area (Å²) >= 11 is 0. The molecule has 0 saturated carbocycles. The molecule has 4 heteroatoms. The normalized spacial score (nSPS) is 16.8. The van der Waals surface area contributed by atoms with E-state index in [1.807, 2.05) is 0 Å². The lowest BCUT2D eigenvalue weighted by molar-refractivity contribution is 0.110. The highest BCUT2D eigenvalue weighted by Gasteiger charge is 2.27. The number of hydrogen-bond acceptors (Lipinski definition) is 4. The Balaban J connectivity index is 2.14. The van der Waals surface area contributed by atoms with Crippen LogP contribution in [-0.4, -0.2) is 25.9 Å². The average Bonchev–Trinajstić information content (AvgIpc) is 2.59. The Morgan fingerprint density at radius 2 is 1.18 bits per heavy atom. The van der Waals surface area contributed by atoms with E-state index in [0.29, 0.717) is 0 Å². The largest absolute Gasteiger partial charge is 0.288 e. The van der Waals surface area contributed by atoms with E-state index in [1.54, 1.807) is 0 Å². The van der Waals surface area contributed by atoms with Crippen LogP contribution in [0, 0.1) is 11.3 Å². The zero-order valence-corrected chi connectivity index (χ0v) is 18.1. The maximum Gasteiger partial charge on any atom is 0.0998 e. The Labute approximate surface area is 169 Å². The molecule has 0 amide bonds. The molecule has 4 bridgehead atoms. The highest BCUT2D eigenvalue weighted by Crippen LogP contribution is 2.27. The van der Waals surface area contributed by atoms with Crippen LogP contribution < -0.4 is 0 Å². The Bertz CT molecular complexity index is 821. The van der Waals surface area contributed by atoms with Crippen LogP contribution in [0.2, 0.25) is 0 Å². The zero-order chi connectivity index (χ0) is 20.5. The molecular weight excluding hydrogens is 344 g/mol. The number of aromatic nitrogens is 1. The van der Waals surface area contributed by atoms with E-state index < -0.39 is 0 Å². The Kier molecular flexibility index (Phi) is 5.61. The number of rotatable bonds is 0. The molecular formula is C24H32N4. The minimum atomic E-state index is -0.0258. The van der Waals surface area contributed by atoms with Gasteiger partial charge in [-0.25, -0.2) is 0 Å². The van der Waals surface area contributed by atoms with Crippen molar-refractivity contribution in [1.82, 2.24) is 14.8 Å². The molecule has 0 fully saturated rings. The molecule has 0 unspecified atom stereocenters. The molecule has 28 heavy (non-hydrogen) atoms. The number of nitriles is 1. The van der Waals surface area contributed by atoms with Crippen molar-refractivity contribution in [1.29, 1.82) is 5.26 Å². The first kappa shape index (κ1) is 20.5. The van der Waals surface area contributed by atoms with Crippen LogP contribution in [0.25, 0.3) is 0 Å². The fourth-order valence-corrected chi connectivity index (χ4v) is 3.63. The molecule has 2 heterocycles. The third-order valence-electron chi connectivity index (χ3n) is 5.54. The number of benzene rings is 1. The van der Waals surface area contributed by atoms with Crippen molar-refractivity contribution in [2.45, 2.75) is 78.8 Å². The topological polar surface area (TPSA) is 43.2 Å². The van der Waals surface area contributed by atoms with Gasteiger partial charge in [0.2, 0.25) is 0 Å². The van der Waals surface area contributed by atoms with E-state index in [9.17, 15) is 5.26 Å². The average molecular weight is 377 g/mol. The summed E-state index contributed by atoms with van der Waals surface area (Å²) < 4.78 is 0. The van der Waals surface area contributed by atoms with Gasteiger partial charge < -0.3 is 0 Å². The first-order chi connectivity index (χ1) is 13.1. The molecule has 0 aliphatic carbocycles. The van der Waals surface area contributed by atoms with Crippen LogP contribution in [0.15, 0.2) is 36.4 Å². The van der Waals surface area contributed by atoms with E-state index in [1.165, 1.54) is 0 Å². The first-order valence-electron chi connectivity index (χ1n) is 10.0. The van der Waals surface area contributed by atoms with Gasteiger partial charge in [0, 0.05) is 37.3 Å². The number of hydrogen-bond donors (Lipinski definition) is 0. The van der Waals surface area contributed by atoms with Gasteiger partial charge in [-0.15, -0.1) is 0 Å². The summed E-state index contributed by atoms with van der Waals surface area (Å²) in [6.45, 7) is 16.3. The lowest BCUT2D eigenvalue weighted by Crippen LogP contribution is -2.42. The molecule has 0 spiro atoms. The van der Waals surface area contributed by atoms with E-state index >= 15 is 0 Å². The summed E-state index contributed by atoms with van der Waals surface area (Å²) in [4.78, 5) is 9.77. The zero-order valence-electron chi connectivity index (χ0n) is 18.1. The van der Waals surface area contributed by atoms with Crippen molar-refractivity contribution in [3.8, 4) is 6.07 Å². The molecule has 1 aliphatic heterocycles. The SMILES string of the molecule is CC(C)(C)N1Cc2cccc(n2)CN(C(C)(C)C)Cc2cccc(c2C#N)C1. The summed E-state index contributed by atoms with van der Waals surface area (Å²) in [5, 5.41) is 9.98. The Hall–Kier alpha value is -2.22. The quantitative estimate of drug-likeness (QED) is 0.658. The molecule has 1 aliphatic rings. The minimum absolute atomic E-state index is 0.0258. The second-order valence-electron chi connectivity index (χ2n) is 9.74. The second kappa shape index (κ2) is 7.66. The van der Waals surface area contributed by atoms with E-state index in [0.717, 1.165) is 54.3 Å². The predicted molar refractivity (Wildman–Crippen MR) is 113 cm³/mol. The molecule has 0 saturated heterocycles. The summed E-state index contributed by atoms with van der Waals surface area (Å²) in [6.07, 6.45) is 0. The van der Waals surface area contributed by atoms with E-state index in [2.05, 4.69) is 93.8 Å². The lowest BCUT2D eigenvalue weighted by Gasteiger charge is -2.38. The van der Waals surface area contributed by atoms with Crippen LogP contribution >= 0.6 is 0 Å². The molecule has 0 N–H and O–H groups in total. The van der Waals surface area contributed by atoms with Crippen molar-refractivity contribution in [3.63, 3.8) is 0 Å². The lowest BCUT2D eigenvalue weighted by atomic mass is 9.96. The van der Waals surface area contributed by atoms with Crippen LogP contribution in [-0.2, 0) is 26.2 Å². The van der Waals surface area contributed by atoms with Crippen molar-refractivity contribution in [2.75, 3.05) is 0 Å². The maximum absolute atomic E-state index is 9.98. The number of nitrogens with zero attached hydrogens (tertiary/aromatic N) is 4. The van der Waals surface area contributed by atoms with Gasteiger partial charge in [-0.05, 0) is 64.8 Å². The van der Waals surface area contributed by atoms with Crippen molar-refractivity contribution in [2.24, 2.45) is 0 Å². The smallest absolute Gasteiger partial charge is 0.0998 e. The highest BCUT2D eigenvalue weighted by molar-refractivity contribution is 5.44.